The monoisotopic (exact) mass is 535 g/mol. The Kier molecular flexibility index (Phi) is 10.2. The van der Waals surface area contributed by atoms with Crippen LogP contribution >= 0.6 is 35.8 Å². The van der Waals surface area contributed by atoms with Gasteiger partial charge >= 0.3 is 0 Å². The van der Waals surface area contributed by atoms with Gasteiger partial charge in [-0.05, 0) is 46.3 Å². The van der Waals surface area contributed by atoms with E-state index in [1.807, 2.05) is 42.5 Å². The van der Waals surface area contributed by atoms with Crippen LogP contribution in [0.1, 0.15) is 11.1 Å². The van der Waals surface area contributed by atoms with Gasteiger partial charge in [-0.25, -0.2) is 4.39 Å². The highest BCUT2D eigenvalue weighted by Crippen LogP contribution is 2.37. The van der Waals surface area contributed by atoms with Crippen LogP contribution in [0.25, 0.3) is 5.69 Å². The summed E-state index contributed by atoms with van der Waals surface area (Å²) in [6.45, 7) is 1.38. The van der Waals surface area contributed by atoms with Gasteiger partial charge in [-0.15, -0.1) is 17.5 Å². The topological polar surface area (TPSA) is 74.1 Å². The minimum Gasteiger partial charge on any atom is -0.493 e. The van der Waals surface area contributed by atoms with Crippen LogP contribution in [-0.4, -0.2) is 39.6 Å². The molecule has 4 rings (SSSR count). The minimum absolute atomic E-state index is 0. The molecule has 0 atom stereocenters. The first-order valence-corrected chi connectivity index (χ1v) is 11.9. The molecule has 0 spiro atoms. The Morgan fingerprint density at radius 1 is 1.09 bits per heavy atom. The Labute approximate surface area is 218 Å². The van der Waals surface area contributed by atoms with Crippen LogP contribution in [0.2, 0.25) is 5.02 Å². The number of aromatic nitrogens is 4. The van der Waals surface area contributed by atoms with Crippen molar-refractivity contribution in [2.45, 2.75) is 18.3 Å². The van der Waals surface area contributed by atoms with E-state index < -0.39 is 0 Å². The van der Waals surface area contributed by atoms with Crippen molar-refractivity contribution in [3.8, 4) is 17.2 Å². The molecule has 7 nitrogen and oxygen atoms in total. The van der Waals surface area contributed by atoms with E-state index >= 15 is 0 Å². The summed E-state index contributed by atoms with van der Waals surface area (Å²) in [5, 5.41) is 16.5. The van der Waals surface area contributed by atoms with Gasteiger partial charge in [-0.2, -0.15) is 4.68 Å². The molecule has 4 aromatic rings. The van der Waals surface area contributed by atoms with Crippen LogP contribution in [0, 0.1) is 5.82 Å². The Balaban J connectivity index is 0.00000342. The van der Waals surface area contributed by atoms with Crippen molar-refractivity contribution >= 4 is 35.8 Å². The second kappa shape index (κ2) is 13.3. The number of hydrogen-bond acceptors (Lipinski definition) is 7. The number of rotatable bonds is 11. The SMILES string of the molecule is COc1cc(CNCCSc2nnnn2-c2ccccc2)cc(Cl)c1OCc1ccccc1F.Cl. The fraction of sp³-hybridized carbons (Fsp3) is 0.208. The molecular weight excluding hydrogens is 512 g/mol. The van der Waals surface area contributed by atoms with Gasteiger partial charge in [0.2, 0.25) is 5.16 Å². The lowest BCUT2D eigenvalue weighted by molar-refractivity contribution is 0.279. The van der Waals surface area contributed by atoms with Crippen LogP contribution in [0.15, 0.2) is 71.9 Å². The Hall–Kier alpha value is -2.85. The second-order valence-corrected chi connectivity index (χ2v) is 8.69. The lowest BCUT2D eigenvalue weighted by atomic mass is 10.2. The largest absolute Gasteiger partial charge is 0.493 e. The van der Waals surface area contributed by atoms with E-state index in [0.29, 0.717) is 28.6 Å². The first kappa shape index (κ1) is 26.7. The number of para-hydroxylation sites is 1. The average molecular weight is 536 g/mol. The zero-order valence-corrected chi connectivity index (χ0v) is 21.2. The summed E-state index contributed by atoms with van der Waals surface area (Å²) in [7, 11) is 1.55. The molecule has 0 saturated heterocycles. The lowest BCUT2D eigenvalue weighted by Crippen LogP contribution is -2.17. The Morgan fingerprint density at radius 3 is 2.63 bits per heavy atom. The molecule has 35 heavy (non-hydrogen) atoms. The maximum absolute atomic E-state index is 13.9. The van der Waals surface area contributed by atoms with Crippen LogP contribution in [0.5, 0.6) is 11.5 Å². The number of ether oxygens (including phenoxy) is 2. The molecule has 184 valence electrons. The van der Waals surface area contributed by atoms with E-state index in [4.69, 9.17) is 21.1 Å². The standard InChI is InChI=1S/C24H23ClFN5O2S.ClH/c1-32-22-14-17(13-20(25)23(22)33-16-18-7-5-6-10-21(18)26)15-27-11-12-34-24-28-29-30-31(24)19-8-3-2-4-9-19;/h2-10,13-14,27H,11-12,15-16H2,1H3;1H. The van der Waals surface area contributed by atoms with Crippen LogP contribution in [0.4, 0.5) is 4.39 Å². The van der Waals surface area contributed by atoms with Crippen molar-refractivity contribution in [2.24, 2.45) is 0 Å². The van der Waals surface area contributed by atoms with Crippen molar-refractivity contribution in [3.63, 3.8) is 0 Å². The molecule has 0 aliphatic rings. The fourth-order valence-electron chi connectivity index (χ4n) is 3.23. The summed E-state index contributed by atoms with van der Waals surface area (Å²) < 4.78 is 26.8. The molecule has 0 aliphatic heterocycles. The first-order valence-electron chi connectivity index (χ1n) is 10.6. The fourth-order valence-corrected chi connectivity index (χ4v) is 4.30. The molecule has 0 bridgehead atoms. The lowest BCUT2D eigenvalue weighted by Gasteiger charge is -2.15. The molecule has 0 saturated carbocycles. The maximum atomic E-state index is 13.9. The van der Waals surface area contributed by atoms with Crippen molar-refractivity contribution in [2.75, 3.05) is 19.4 Å². The predicted molar refractivity (Wildman–Crippen MR) is 138 cm³/mol. The molecule has 3 aromatic carbocycles. The second-order valence-electron chi connectivity index (χ2n) is 7.22. The molecule has 0 radical (unpaired) electrons. The van der Waals surface area contributed by atoms with Crippen molar-refractivity contribution in [1.29, 1.82) is 0 Å². The van der Waals surface area contributed by atoms with E-state index in [1.54, 1.807) is 41.8 Å². The number of nitrogens with one attached hydrogen (secondary N) is 1. The highest BCUT2D eigenvalue weighted by molar-refractivity contribution is 7.99. The average Bonchev–Trinajstić information content (AvgIpc) is 3.33. The zero-order valence-electron chi connectivity index (χ0n) is 18.9. The normalized spacial score (nSPS) is 10.6. The van der Waals surface area contributed by atoms with E-state index in [9.17, 15) is 4.39 Å². The third-order valence-corrected chi connectivity index (χ3v) is 6.10. The molecule has 11 heteroatoms. The molecule has 0 amide bonds. The summed E-state index contributed by atoms with van der Waals surface area (Å²) in [4.78, 5) is 0. The van der Waals surface area contributed by atoms with Gasteiger partial charge in [0.1, 0.15) is 12.4 Å². The molecule has 1 aromatic heterocycles. The quantitative estimate of drug-likeness (QED) is 0.205. The molecule has 1 heterocycles. The summed E-state index contributed by atoms with van der Waals surface area (Å²) in [5.74, 6) is 1.34. The minimum atomic E-state index is -0.325. The summed E-state index contributed by atoms with van der Waals surface area (Å²) in [5.41, 5.74) is 2.31. The van der Waals surface area contributed by atoms with E-state index in [1.165, 1.54) is 6.07 Å². The predicted octanol–water partition coefficient (Wildman–Crippen LogP) is 5.35. The van der Waals surface area contributed by atoms with E-state index in [-0.39, 0.29) is 24.8 Å². The Bertz CT molecular complexity index is 1230. The van der Waals surface area contributed by atoms with Gasteiger partial charge in [0, 0.05) is 24.4 Å². The number of nitrogens with zero attached hydrogens (tertiary/aromatic N) is 4. The number of halogens is 3. The smallest absolute Gasteiger partial charge is 0.214 e. The number of benzene rings is 3. The summed E-state index contributed by atoms with van der Waals surface area (Å²) in [6, 6.07) is 19.9. The number of tetrazole rings is 1. The van der Waals surface area contributed by atoms with Gasteiger partial charge in [-0.1, -0.05) is 59.8 Å². The van der Waals surface area contributed by atoms with Crippen molar-refractivity contribution in [3.05, 3.63) is 88.7 Å². The number of hydrogen-bond donors (Lipinski definition) is 1. The summed E-state index contributed by atoms with van der Waals surface area (Å²) in [6.07, 6.45) is 0. The highest BCUT2D eigenvalue weighted by atomic mass is 35.5. The molecule has 0 fully saturated rings. The van der Waals surface area contributed by atoms with Crippen LogP contribution in [-0.2, 0) is 13.2 Å². The molecule has 1 N–H and O–H groups in total. The molecule has 0 unspecified atom stereocenters. The van der Waals surface area contributed by atoms with Gasteiger partial charge in [-0.3, -0.25) is 0 Å². The molecular formula is C24H24Cl2FN5O2S. The number of thioether (sulfide) groups is 1. The van der Waals surface area contributed by atoms with E-state index in [0.717, 1.165) is 28.7 Å². The number of methoxy groups -OCH3 is 1. The van der Waals surface area contributed by atoms with Crippen molar-refractivity contribution in [1.82, 2.24) is 25.5 Å². The maximum Gasteiger partial charge on any atom is 0.214 e. The summed E-state index contributed by atoms with van der Waals surface area (Å²) >= 11 is 8.01. The molecule has 0 aliphatic carbocycles. The first-order chi connectivity index (χ1) is 16.7. The van der Waals surface area contributed by atoms with E-state index in [2.05, 4.69) is 20.8 Å². The Morgan fingerprint density at radius 2 is 1.86 bits per heavy atom. The van der Waals surface area contributed by atoms with Crippen LogP contribution < -0.4 is 14.8 Å². The van der Waals surface area contributed by atoms with Crippen molar-refractivity contribution < 1.29 is 13.9 Å². The van der Waals surface area contributed by atoms with Gasteiger partial charge in [0.15, 0.2) is 11.5 Å². The third-order valence-electron chi connectivity index (χ3n) is 4.90. The zero-order chi connectivity index (χ0) is 23.8. The van der Waals surface area contributed by atoms with Gasteiger partial charge in [0.05, 0.1) is 17.8 Å². The van der Waals surface area contributed by atoms with Gasteiger partial charge in [0.25, 0.3) is 0 Å². The third kappa shape index (κ3) is 7.08. The highest BCUT2D eigenvalue weighted by Gasteiger charge is 2.14. The van der Waals surface area contributed by atoms with Gasteiger partial charge < -0.3 is 14.8 Å². The van der Waals surface area contributed by atoms with Crippen LogP contribution in [0.3, 0.4) is 0 Å².